The van der Waals surface area contributed by atoms with Gasteiger partial charge in [0.25, 0.3) is 5.56 Å². The molecule has 0 radical (unpaired) electrons. The van der Waals surface area contributed by atoms with E-state index >= 15 is 0 Å². The van der Waals surface area contributed by atoms with E-state index in [1.807, 2.05) is 13.8 Å². The summed E-state index contributed by atoms with van der Waals surface area (Å²) in [7, 11) is 0. The van der Waals surface area contributed by atoms with Crippen molar-refractivity contribution in [2.75, 3.05) is 11.5 Å². The molecule has 0 atom stereocenters. The molecule has 0 fully saturated rings. The number of aromatic nitrogens is 1. The van der Waals surface area contributed by atoms with E-state index in [2.05, 4.69) is 4.98 Å². The molecule has 4 heteroatoms. The predicted molar refractivity (Wildman–Crippen MR) is 50.0 cm³/mol. The maximum atomic E-state index is 11.1. The lowest BCUT2D eigenvalue weighted by Gasteiger charge is -2.08. The molecule has 1 rings (SSSR count). The van der Waals surface area contributed by atoms with E-state index in [0.29, 0.717) is 5.69 Å². The monoisotopic (exact) mass is 167 g/mol. The van der Waals surface area contributed by atoms with Crippen LogP contribution < -0.4 is 17.0 Å². The summed E-state index contributed by atoms with van der Waals surface area (Å²) in [5.74, 6) is 0.207. The van der Waals surface area contributed by atoms with Gasteiger partial charge in [-0.1, -0.05) is 13.8 Å². The van der Waals surface area contributed by atoms with Gasteiger partial charge in [-0.15, -0.1) is 0 Å². The summed E-state index contributed by atoms with van der Waals surface area (Å²) in [4.78, 5) is 13.7. The maximum Gasteiger partial charge on any atom is 0.271 e. The Morgan fingerprint density at radius 1 is 1.33 bits per heavy atom. The molecule has 12 heavy (non-hydrogen) atoms. The van der Waals surface area contributed by atoms with Gasteiger partial charge in [-0.2, -0.15) is 0 Å². The van der Waals surface area contributed by atoms with Crippen LogP contribution in [0.3, 0.4) is 0 Å². The topological polar surface area (TPSA) is 84.9 Å². The van der Waals surface area contributed by atoms with Gasteiger partial charge < -0.3 is 16.5 Å². The molecule has 5 N–H and O–H groups in total. The first-order valence-electron chi connectivity index (χ1n) is 3.80. The molecule has 0 saturated carbocycles. The first kappa shape index (κ1) is 8.64. The summed E-state index contributed by atoms with van der Waals surface area (Å²) in [6.07, 6.45) is 0. The van der Waals surface area contributed by atoms with Gasteiger partial charge in [-0.05, 0) is 12.0 Å². The van der Waals surface area contributed by atoms with Crippen molar-refractivity contribution in [3.05, 3.63) is 22.1 Å². The summed E-state index contributed by atoms with van der Waals surface area (Å²) in [6.45, 7) is 3.91. The smallest absolute Gasteiger partial charge is 0.271 e. The lowest BCUT2D eigenvalue weighted by molar-refractivity contribution is 0.821. The Hall–Kier alpha value is -1.45. The van der Waals surface area contributed by atoms with Crippen molar-refractivity contribution < 1.29 is 0 Å². The van der Waals surface area contributed by atoms with Crippen molar-refractivity contribution in [2.45, 2.75) is 19.8 Å². The zero-order chi connectivity index (χ0) is 9.30. The highest BCUT2D eigenvalue weighted by Crippen LogP contribution is 2.18. The van der Waals surface area contributed by atoms with Gasteiger partial charge in [0.1, 0.15) is 0 Å². The summed E-state index contributed by atoms with van der Waals surface area (Å²) in [5.41, 5.74) is 12.2. The molecule has 0 bridgehead atoms. The number of hydrogen-bond donors (Lipinski definition) is 3. The Balaban J connectivity index is 3.33. The molecule has 0 spiro atoms. The number of anilines is 2. The lowest BCUT2D eigenvalue weighted by Crippen LogP contribution is -2.16. The Kier molecular flexibility index (Phi) is 2.08. The summed E-state index contributed by atoms with van der Waals surface area (Å²) in [5, 5.41) is 0. The van der Waals surface area contributed by atoms with Crippen molar-refractivity contribution in [1.29, 1.82) is 0 Å². The Labute approximate surface area is 70.6 Å². The van der Waals surface area contributed by atoms with Crippen LogP contribution in [0.25, 0.3) is 0 Å². The molecule has 0 aromatic carbocycles. The first-order valence-corrected chi connectivity index (χ1v) is 3.80. The van der Waals surface area contributed by atoms with E-state index in [-0.39, 0.29) is 17.2 Å². The highest BCUT2D eigenvalue weighted by atomic mass is 16.1. The molecule has 1 aromatic rings. The van der Waals surface area contributed by atoms with Gasteiger partial charge in [-0.3, -0.25) is 4.79 Å². The van der Waals surface area contributed by atoms with Crippen molar-refractivity contribution in [3.63, 3.8) is 0 Å². The van der Waals surface area contributed by atoms with Crippen molar-refractivity contribution in [1.82, 2.24) is 4.98 Å². The number of rotatable bonds is 1. The summed E-state index contributed by atoms with van der Waals surface area (Å²) in [6, 6.07) is 1.49. The minimum Gasteiger partial charge on any atom is -0.397 e. The normalized spacial score (nSPS) is 10.6. The number of hydrogen-bond acceptors (Lipinski definition) is 3. The van der Waals surface area contributed by atoms with Crippen molar-refractivity contribution in [2.24, 2.45) is 0 Å². The Morgan fingerprint density at radius 3 is 2.42 bits per heavy atom. The van der Waals surface area contributed by atoms with Crippen LogP contribution in [0, 0.1) is 0 Å². The average Bonchev–Trinajstić information content (AvgIpc) is 1.96. The highest BCUT2D eigenvalue weighted by Gasteiger charge is 2.06. The lowest BCUT2D eigenvalue weighted by atomic mass is 10.1. The number of pyridine rings is 1. The standard InChI is InChI=1S/C8H13N3O/c1-4(2)7-5(9)3-6(10)8(12)11-7/h3-4H,9-10H2,1-2H3,(H,11,12). The Bertz CT molecular complexity index is 341. The van der Waals surface area contributed by atoms with Gasteiger partial charge in [0, 0.05) is 5.69 Å². The van der Waals surface area contributed by atoms with Gasteiger partial charge >= 0.3 is 0 Å². The molecule has 0 aliphatic rings. The average molecular weight is 167 g/mol. The molecule has 1 heterocycles. The number of H-pyrrole nitrogens is 1. The Morgan fingerprint density at radius 2 is 1.92 bits per heavy atom. The zero-order valence-corrected chi connectivity index (χ0v) is 7.22. The van der Waals surface area contributed by atoms with Crippen molar-refractivity contribution >= 4 is 11.4 Å². The molecular formula is C8H13N3O. The molecule has 4 nitrogen and oxygen atoms in total. The third-order valence-corrected chi connectivity index (χ3v) is 1.71. The molecule has 66 valence electrons. The number of nitrogens with two attached hydrogens (primary N) is 2. The number of nitrogens with one attached hydrogen (secondary N) is 1. The quantitative estimate of drug-likeness (QED) is 0.574. The fourth-order valence-corrected chi connectivity index (χ4v) is 1.06. The molecule has 0 saturated heterocycles. The fourth-order valence-electron chi connectivity index (χ4n) is 1.06. The first-order chi connectivity index (χ1) is 5.52. The third-order valence-electron chi connectivity index (χ3n) is 1.71. The molecule has 0 aliphatic heterocycles. The van der Waals surface area contributed by atoms with Gasteiger partial charge in [0.15, 0.2) is 0 Å². The second-order valence-electron chi connectivity index (χ2n) is 3.08. The molecule has 0 unspecified atom stereocenters. The van der Waals surface area contributed by atoms with Crippen LogP contribution in [-0.4, -0.2) is 4.98 Å². The SMILES string of the molecule is CC(C)c1[nH]c(=O)c(N)cc1N. The second-order valence-corrected chi connectivity index (χ2v) is 3.08. The zero-order valence-electron chi connectivity index (χ0n) is 7.22. The minimum atomic E-state index is -0.270. The molecule has 1 aromatic heterocycles. The largest absolute Gasteiger partial charge is 0.397 e. The van der Waals surface area contributed by atoms with Crippen LogP contribution >= 0.6 is 0 Å². The summed E-state index contributed by atoms with van der Waals surface area (Å²) >= 11 is 0. The van der Waals surface area contributed by atoms with Crippen LogP contribution in [0.15, 0.2) is 10.9 Å². The molecule has 0 amide bonds. The van der Waals surface area contributed by atoms with Crippen LogP contribution in [0.5, 0.6) is 0 Å². The summed E-state index contributed by atoms with van der Waals surface area (Å²) < 4.78 is 0. The van der Waals surface area contributed by atoms with Crippen LogP contribution in [-0.2, 0) is 0 Å². The van der Waals surface area contributed by atoms with E-state index in [0.717, 1.165) is 5.69 Å². The maximum absolute atomic E-state index is 11.1. The minimum absolute atomic E-state index is 0.164. The second kappa shape index (κ2) is 2.89. The predicted octanol–water partition coefficient (Wildman–Crippen LogP) is 0.663. The van der Waals surface area contributed by atoms with E-state index < -0.39 is 0 Å². The number of aromatic amines is 1. The molecule has 0 aliphatic carbocycles. The van der Waals surface area contributed by atoms with Gasteiger partial charge in [0.2, 0.25) is 0 Å². The van der Waals surface area contributed by atoms with Gasteiger partial charge in [0.05, 0.1) is 11.4 Å². The van der Waals surface area contributed by atoms with Crippen LogP contribution in [0.1, 0.15) is 25.5 Å². The van der Waals surface area contributed by atoms with Crippen molar-refractivity contribution in [3.8, 4) is 0 Å². The van der Waals surface area contributed by atoms with E-state index in [9.17, 15) is 4.79 Å². The van der Waals surface area contributed by atoms with E-state index in [1.54, 1.807) is 0 Å². The van der Waals surface area contributed by atoms with E-state index in [4.69, 9.17) is 11.5 Å². The number of nitrogen functional groups attached to an aromatic ring is 2. The van der Waals surface area contributed by atoms with E-state index in [1.165, 1.54) is 6.07 Å². The van der Waals surface area contributed by atoms with Crippen LogP contribution in [0.2, 0.25) is 0 Å². The molecular weight excluding hydrogens is 154 g/mol. The van der Waals surface area contributed by atoms with Gasteiger partial charge in [-0.25, -0.2) is 0 Å². The fraction of sp³-hybridized carbons (Fsp3) is 0.375. The highest BCUT2D eigenvalue weighted by molar-refractivity contribution is 5.53. The van der Waals surface area contributed by atoms with Crippen LogP contribution in [0.4, 0.5) is 11.4 Å². The third kappa shape index (κ3) is 1.42.